The second kappa shape index (κ2) is 7.44. The lowest BCUT2D eigenvalue weighted by atomic mass is 10.1. The zero-order valence-corrected chi connectivity index (χ0v) is 15.5. The maximum atomic E-state index is 13.0. The molecule has 130 valence electrons. The fraction of sp³-hybridized carbons (Fsp3) is 0.250. The summed E-state index contributed by atoms with van der Waals surface area (Å²) in [7, 11) is 4.00. The van der Waals surface area contributed by atoms with Gasteiger partial charge in [0.15, 0.2) is 4.90 Å². The second-order valence-corrected chi connectivity index (χ2v) is 7.86. The molecular weight excluding hydrogens is 332 g/mol. The van der Waals surface area contributed by atoms with E-state index >= 15 is 0 Å². The van der Waals surface area contributed by atoms with Crippen LogP contribution in [0.15, 0.2) is 64.4 Å². The van der Waals surface area contributed by atoms with Crippen LogP contribution in [0.1, 0.15) is 22.8 Å². The van der Waals surface area contributed by atoms with Crippen molar-refractivity contribution in [1.29, 1.82) is 0 Å². The molecule has 1 N–H and O–H groups in total. The monoisotopic (exact) mass is 354 g/mol. The number of rotatable bonds is 5. The Morgan fingerprint density at radius 1 is 1.12 bits per heavy atom. The summed E-state index contributed by atoms with van der Waals surface area (Å²) in [6, 6.07) is 16.9. The van der Waals surface area contributed by atoms with E-state index in [0.29, 0.717) is 21.1 Å². The Bertz CT molecular complexity index is 802. The lowest BCUT2D eigenvalue weighted by Gasteiger charge is -2.22. The maximum absolute atomic E-state index is 13.0. The predicted molar refractivity (Wildman–Crippen MR) is 102 cm³/mol. The number of benzene rings is 2. The van der Waals surface area contributed by atoms with Gasteiger partial charge in [0.05, 0.1) is 5.56 Å². The van der Waals surface area contributed by atoms with Crippen LogP contribution in [0.4, 0.5) is 0 Å². The highest BCUT2D eigenvalue weighted by molar-refractivity contribution is 7.97. The summed E-state index contributed by atoms with van der Waals surface area (Å²) in [5, 5.41) is 3.43. The molecular formula is C20H22N2O2S. The van der Waals surface area contributed by atoms with Crippen LogP contribution in [-0.2, 0) is 11.2 Å². The van der Waals surface area contributed by atoms with Gasteiger partial charge in [0.2, 0.25) is 10.7 Å². The standard InChI is InChI=1S/C20H22N2O2S/c1-14(13-22(2)3)21-18(15-9-5-4-6-10-15)20-19(23)16-11-7-8-12-17(16)25(20)24/h4-12,14,21H,13H2,1-3H3. The fourth-order valence-corrected chi connectivity index (χ4v) is 4.49. The first-order chi connectivity index (χ1) is 12.0. The highest BCUT2D eigenvalue weighted by atomic mass is 32.2. The third-order valence-corrected chi connectivity index (χ3v) is 5.56. The number of hydrogen-bond acceptors (Lipinski definition) is 4. The molecule has 0 spiro atoms. The van der Waals surface area contributed by atoms with Crippen molar-refractivity contribution >= 4 is 22.7 Å². The Kier molecular flexibility index (Phi) is 5.27. The average molecular weight is 354 g/mol. The van der Waals surface area contributed by atoms with Crippen LogP contribution in [0.2, 0.25) is 0 Å². The van der Waals surface area contributed by atoms with E-state index in [4.69, 9.17) is 0 Å². The van der Waals surface area contributed by atoms with Gasteiger partial charge < -0.3 is 14.8 Å². The lowest BCUT2D eigenvalue weighted by molar-refractivity contribution is 0.104. The molecule has 0 aromatic heterocycles. The average Bonchev–Trinajstić information content (AvgIpc) is 2.85. The summed E-state index contributed by atoms with van der Waals surface area (Å²) < 4.78 is 13.0. The van der Waals surface area contributed by atoms with E-state index in [0.717, 1.165) is 12.1 Å². The highest BCUT2D eigenvalue weighted by Gasteiger charge is 2.42. The minimum Gasteiger partial charge on any atom is -0.606 e. The molecule has 2 aromatic rings. The molecule has 0 radical (unpaired) electrons. The van der Waals surface area contributed by atoms with Gasteiger partial charge >= 0.3 is 0 Å². The largest absolute Gasteiger partial charge is 0.606 e. The zero-order chi connectivity index (χ0) is 18.0. The number of Topliss-reactive ketones (excluding diaryl/α,β-unsaturated/α-hetero) is 1. The molecule has 1 aliphatic heterocycles. The molecule has 1 heterocycles. The van der Waals surface area contributed by atoms with E-state index in [1.165, 1.54) is 0 Å². The predicted octanol–water partition coefficient (Wildman–Crippen LogP) is 2.90. The smallest absolute Gasteiger partial charge is 0.248 e. The summed E-state index contributed by atoms with van der Waals surface area (Å²) >= 11 is -1.47. The van der Waals surface area contributed by atoms with Gasteiger partial charge in [-0.05, 0) is 33.2 Å². The quantitative estimate of drug-likeness (QED) is 0.663. The zero-order valence-electron chi connectivity index (χ0n) is 14.7. The van der Waals surface area contributed by atoms with E-state index in [1.54, 1.807) is 18.2 Å². The summed E-state index contributed by atoms with van der Waals surface area (Å²) in [5.74, 6) is -0.155. The van der Waals surface area contributed by atoms with Gasteiger partial charge in [0.25, 0.3) is 0 Å². The Balaban J connectivity index is 2.08. The molecule has 0 bridgehead atoms. The van der Waals surface area contributed by atoms with Gasteiger partial charge in [-0.25, -0.2) is 0 Å². The Morgan fingerprint density at radius 2 is 1.76 bits per heavy atom. The molecule has 25 heavy (non-hydrogen) atoms. The van der Waals surface area contributed by atoms with Crippen LogP contribution in [0, 0.1) is 0 Å². The number of fused-ring (bicyclic) bond motifs is 1. The first-order valence-corrected chi connectivity index (χ1v) is 9.40. The first-order valence-electron chi connectivity index (χ1n) is 8.25. The molecule has 0 saturated carbocycles. The Morgan fingerprint density at radius 3 is 2.40 bits per heavy atom. The molecule has 2 atom stereocenters. The Hall–Kier alpha value is -2.08. The third-order valence-electron chi connectivity index (χ3n) is 4.04. The topological polar surface area (TPSA) is 55.4 Å². The van der Waals surface area contributed by atoms with Gasteiger partial charge in [-0.1, -0.05) is 42.5 Å². The van der Waals surface area contributed by atoms with Crippen molar-refractivity contribution < 1.29 is 9.35 Å². The van der Waals surface area contributed by atoms with Crippen LogP contribution in [0.3, 0.4) is 0 Å². The van der Waals surface area contributed by atoms with E-state index < -0.39 is 11.2 Å². The number of carbonyl (C=O) groups excluding carboxylic acids is 1. The van der Waals surface area contributed by atoms with Gasteiger partial charge in [-0.15, -0.1) is 0 Å². The minimum atomic E-state index is -1.47. The summed E-state index contributed by atoms with van der Waals surface area (Å²) in [5.41, 5.74) is 2.07. The maximum Gasteiger partial charge on any atom is 0.248 e. The minimum absolute atomic E-state index is 0.103. The number of carbonyl (C=O) groups is 1. The fourth-order valence-electron chi connectivity index (χ4n) is 3.06. The van der Waals surface area contributed by atoms with E-state index in [1.807, 2.05) is 50.5 Å². The van der Waals surface area contributed by atoms with Gasteiger partial charge in [0.1, 0.15) is 5.70 Å². The molecule has 0 aliphatic carbocycles. The number of allylic oxidation sites excluding steroid dienone is 1. The normalized spacial score (nSPS) is 19.7. The van der Waals surface area contributed by atoms with Crippen molar-refractivity contribution in [2.75, 3.05) is 20.6 Å². The van der Waals surface area contributed by atoms with E-state index in [-0.39, 0.29) is 11.8 Å². The van der Waals surface area contributed by atoms with E-state index in [9.17, 15) is 9.35 Å². The Labute approximate surface area is 151 Å². The van der Waals surface area contributed by atoms with Gasteiger partial charge in [-0.3, -0.25) is 4.79 Å². The SMILES string of the molecule is CC(CN(C)C)NC(=C1C(=O)c2ccccc2[S+]1[O-])c1ccccc1. The lowest BCUT2D eigenvalue weighted by Crippen LogP contribution is -2.36. The highest BCUT2D eigenvalue weighted by Crippen LogP contribution is 2.37. The van der Waals surface area contributed by atoms with Crippen LogP contribution in [-0.4, -0.2) is 41.9 Å². The number of hydrogen-bond donors (Lipinski definition) is 1. The molecule has 3 rings (SSSR count). The van der Waals surface area contributed by atoms with Crippen molar-refractivity contribution in [3.05, 3.63) is 70.6 Å². The number of ketones is 1. The number of nitrogens with zero attached hydrogens (tertiary/aromatic N) is 1. The summed E-state index contributed by atoms with van der Waals surface area (Å²) in [6.45, 7) is 2.86. The van der Waals surface area contributed by atoms with Crippen molar-refractivity contribution in [1.82, 2.24) is 10.2 Å². The second-order valence-electron chi connectivity index (χ2n) is 6.47. The van der Waals surface area contributed by atoms with Crippen LogP contribution < -0.4 is 5.32 Å². The van der Waals surface area contributed by atoms with E-state index in [2.05, 4.69) is 17.1 Å². The number of nitrogens with one attached hydrogen (secondary N) is 1. The molecule has 0 saturated heterocycles. The first kappa shape index (κ1) is 17.7. The summed E-state index contributed by atoms with van der Waals surface area (Å²) in [4.78, 5) is 15.9. The molecule has 0 fully saturated rings. The molecule has 2 aromatic carbocycles. The molecule has 5 heteroatoms. The van der Waals surface area contributed by atoms with Gasteiger partial charge in [0, 0.05) is 29.3 Å². The third kappa shape index (κ3) is 3.63. The van der Waals surface area contributed by atoms with Crippen molar-refractivity contribution in [3.63, 3.8) is 0 Å². The van der Waals surface area contributed by atoms with Crippen LogP contribution in [0.5, 0.6) is 0 Å². The molecule has 2 unspecified atom stereocenters. The summed E-state index contributed by atoms with van der Waals surface area (Å²) in [6.07, 6.45) is 0. The molecule has 0 amide bonds. The van der Waals surface area contributed by atoms with Crippen LogP contribution >= 0.6 is 0 Å². The molecule has 1 aliphatic rings. The van der Waals surface area contributed by atoms with Crippen molar-refractivity contribution in [2.45, 2.75) is 17.9 Å². The van der Waals surface area contributed by atoms with Gasteiger partial charge in [-0.2, -0.15) is 0 Å². The van der Waals surface area contributed by atoms with Crippen LogP contribution in [0.25, 0.3) is 5.70 Å². The molecule has 4 nitrogen and oxygen atoms in total. The number of likely N-dealkylation sites (N-methyl/N-ethyl adjacent to an activating group) is 1. The van der Waals surface area contributed by atoms with Crippen molar-refractivity contribution in [2.24, 2.45) is 0 Å². The van der Waals surface area contributed by atoms with Crippen molar-refractivity contribution in [3.8, 4) is 0 Å².